The molecule has 2 N–H and O–H groups in total. The van der Waals surface area contributed by atoms with Crippen molar-refractivity contribution in [3.63, 3.8) is 0 Å². The summed E-state index contributed by atoms with van der Waals surface area (Å²) in [6.45, 7) is 0.895. The maximum absolute atomic E-state index is 12.4. The molecule has 5 heteroatoms. The van der Waals surface area contributed by atoms with Crippen LogP contribution in [0.5, 0.6) is 0 Å². The van der Waals surface area contributed by atoms with Gasteiger partial charge >= 0.3 is 0 Å². The second-order valence-corrected chi connectivity index (χ2v) is 7.95. The topological polar surface area (TPSA) is 69.6 Å². The third kappa shape index (κ3) is 4.29. The lowest BCUT2D eigenvalue weighted by Gasteiger charge is -2.27. The van der Waals surface area contributed by atoms with Gasteiger partial charge in [0.05, 0.1) is 12.0 Å². The number of aliphatic hydroxyl groups excluding tert-OH is 1. The molecule has 0 unspecified atom stereocenters. The van der Waals surface area contributed by atoms with E-state index in [-0.39, 0.29) is 17.7 Å². The van der Waals surface area contributed by atoms with Gasteiger partial charge in [0.25, 0.3) is 0 Å². The first kappa shape index (κ1) is 17.7. The lowest BCUT2D eigenvalue weighted by Crippen LogP contribution is -2.40. The summed E-state index contributed by atoms with van der Waals surface area (Å²) in [6.07, 6.45) is 11.5. The maximum atomic E-state index is 12.4. The van der Waals surface area contributed by atoms with Crippen LogP contribution in [-0.4, -0.2) is 47.1 Å². The van der Waals surface area contributed by atoms with E-state index < -0.39 is 6.10 Å². The van der Waals surface area contributed by atoms with Crippen molar-refractivity contribution in [3.8, 4) is 0 Å². The number of carbonyl (C=O) groups excluding carboxylic acids is 2. The largest absolute Gasteiger partial charge is 0.391 e. The third-order valence-electron chi connectivity index (χ3n) is 6.22. The Labute approximate surface area is 145 Å². The summed E-state index contributed by atoms with van der Waals surface area (Å²) >= 11 is 0. The summed E-state index contributed by atoms with van der Waals surface area (Å²) in [6, 6.07) is 0.335. The van der Waals surface area contributed by atoms with Crippen molar-refractivity contribution in [2.24, 2.45) is 11.8 Å². The van der Waals surface area contributed by atoms with Gasteiger partial charge in [-0.05, 0) is 31.6 Å². The van der Waals surface area contributed by atoms with Crippen molar-refractivity contribution in [1.29, 1.82) is 0 Å². The molecule has 3 rings (SSSR count). The van der Waals surface area contributed by atoms with Gasteiger partial charge < -0.3 is 15.3 Å². The molecule has 1 aliphatic heterocycles. The van der Waals surface area contributed by atoms with Crippen LogP contribution in [0.3, 0.4) is 0 Å². The van der Waals surface area contributed by atoms with Crippen LogP contribution in [0.4, 0.5) is 0 Å². The highest BCUT2D eigenvalue weighted by Crippen LogP contribution is 2.29. The highest BCUT2D eigenvalue weighted by Gasteiger charge is 2.38. The molecule has 24 heavy (non-hydrogen) atoms. The zero-order valence-corrected chi connectivity index (χ0v) is 14.7. The molecule has 136 valence electrons. The lowest BCUT2D eigenvalue weighted by atomic mass is 10.0. The standard InChI is InChI=1S/C19H32N2O3/c22-17(14-7-5-6-8-14)12-20-19(24)15-11-18(23)21(13-15)16-9-3-1-2-4-10-16/h14-17,22H,1-13H2,(H,20,24)/t15-,17+/m0/s1. The number of aliphatic hydroxyl groups is 1. The molecule has 0 aromatic carbocycles. The van der Waals surface area contributed by atoms with E-state index in [0.29, 0.717) is 31.5 Å². The van der Waals surface area contributed by atoms with Crippen molar-refractivity contribution < 1.29 is 14.7 Å². The minimum atomic E-state index is -0.438. The summed E-state index contributed by atoms with van der Waals surface area (Å²) in [5.74, 6) is 0.171. The molecule has 3 fully saturated rings. The van der Waals surface area contributed by atoms with Crippen LogP contribution in [0.25, 0.3) is 0 Å². The number of hydrogen-bond acceptors (Lipinski definition) is 3. The van der Waals surface area contributed by atoms with Crippen LogP contribution < -0.4 is 5.32 Å². The summed E-state index contributed by atoms with van der Waals surface area (Å²) < 4.78 is 0. The first-order valence-electron chi connectivity index (χ1n) is 9.90. The number of nitrogens with one attached hydrogen (secondary N) is 1. The number of amides is 2. The van der Waals surface area contributed by atoms with Crippen molar-refractivity contribution in [2.75, 3.05) is 13.1 Å². The van der Waals surface area contributed by atoms with E-state index in [1.807, 2.05) is 4.90 Å². The molecule has 0 aromatic heterocycles. The van der Waals surface area contributed by atoms with Gasteiger partial charge in [0, 0.05) is 25.6 Å². The molecule has 2 atom stereocenters. The van der Waals surface area contributed by atoms with Gasteiger partial charge in [-0.25, -0.2) is 0 Å². The molecule has 0 bridgehead atoms. The molecular formula is C19H32N2O3. The molecule has 3 aliphatic rings. The van der Waals surface area contributed by atoms with Crippen molar-refractivity contribution in [2.45, 2.75) is 82.8 Å². The third-order valence-corrected chi connectivity index (χ3v) is 6.22. The van der Waals surface area contributed by atoms with E-state index in [2.05, 4.69) is 5.32 Å². The maximum Gasteiger partial charge on any atom is 0.225 e. The zero-order chi connectivity index (χ0) is 16.9. The summed E-state index contributed by atoms with van der Waals surface area (Å²) in [5, 5.41) is 13.1. The normalized spacial score (nSPS) is 28.1. The summed E-state index contributed by atoms with van der Waals surface area (Å²) in [5.41, 5.74) is 0. The fourth-order valence-corrected chi connectivity index (χ4v) is 4.69. The van der Waals surface area contributed by atoms with Crippen molar-refractivity contribution >= 4 is 11.8 Å². The Kier molecular flexibility index (Phi) is 6.14. The number of carbonyl (C=O) groups is 2. The Morgan fingerprint density at radius 3 is 2.38 bits per heavy atom. The van der Waals surface area contributed by atoms with Gasteiger partial charge in [0.2, 0.25) is 11.8 Å². The number of nitrogens with zero attached hydrogens (tertiary/aromatic N) is 1. The molecule has 5 nitrogen and oxygen atoms in total. The van der Waals surface area contributed by atoms with Crippen molar-refractivity contribution in [3.05, 3.63) is 0 Å². The van der Waals surface area contributed by atoms with Crippen molar-refractivity contribution in [1.82, 2.24) is 10.2 Å². The first-order chi connectivity index (χ1) is 11.6. The predicted molar refractivity (Wildman–Crippen MR) is 92.3 cm³/mol. The SMILES string of the molecule is O=C(NC[C@@H](O)C1CCCC1)[C@H]1CC(=O)N(C2CCCCCC2)C1. The molecule has 0 radical (unpaired) electrons. The second-order valence-electron chi connectivity index (χ2n) is 7.95. The quantitative estimate of drug-likeness (QED) is 0.757. The Balaban J connectivity index is 1.46. The minimum absolute atomic E-state index is 0.0588. The van der Waals surface area contributed by atoms with E-state index in [9.17, 15) is 14.7 Å². The predicted octanol–water partition coefficient (Wildman–Crippen LogP) is 2.22. The van der Waals surface area contributed by atoms with Crippen LogP contribution in [0.2, 0.25) is 0 Å². The highest BCUT2D eigenvalue weighted by atomic mass is 16.3. The van der Waals surface area contributed by atoms with Gasteiger partial charge in [0.1, 0.15) is 0 Å². The van der Waals surface area contributed by atoms with E-state index in [0.717, 1.165) is 25.7 Å². The Morgan fingerprint density at radius 1 is 1.08 bits per heavy atom. The number of likely N-dealkylation sites (tertiary alicyclic amines) is 1. The molecule has 0 spiro atoms. The Morgan fingerprint density at radius 2 is 1.71 bits per heavy atom. The Hall–Kier alpha value is -1.10. The fourth-order valence-electron chi connectivity index (χ4n) is 4.69. The number of hydrogen-bond donors (Lipinski definition) is 2. The van der Waals surface area contributed by atoms with E-state index >= 15 is 0 Å². The fraction of sp³-hybridized carbons (Fsp3) is 0.895. The average molecular weight is 336 g/mol. The van der Waals surface area contributed by atoms with Gasteiger partial charge in [-0.2, -0.15) is 0 Å². The van der Waals surface area contributed by atoms with Crippen LogP contribution in [0, 0.1) is 11.8 Å². The zero-order valence-electron chi connectivity index (χ0n) is 14.7. The smallest absolute Gasteiger partial charge is 0.225 e. The van der Waals surface area contributed by atoms with E-state index in [1.54, 1.807) is 0 Å². The molecule has 2 saturated carbocycles. The first-order valence-corrected chi connectivity index (χ1v) is 9.90. The molecule has 1 heterocycles. The van der Waals surface area contributed by atoms with E-state index in [1.165, 1.54) is 38.5 Å². The molecule has 1 saturated heterocycles. The van der Waals surface area contributed by atoms with E-state index in [4.69, 9.17) is 0 Å². The van der Waals surface area contributed by atoms with Crippen LogP contribution in [0.1, 0.15) is 70.6 Å². The van der Waals surface area contributed by atoms with Gasteiger partial charge in [-0.3, -0.25) is 9.59 Å². The van der Waals surface area contributed by atoms with Gasteiger partial charge in [0.15, 0.2) is 0 Å². The second kappa shape index (κ2) is 8.32. The van der Waals surface area contributed by atoms with Crippen LogP contribution >= 0.6 is 0 Å². The summed E-state index contributed by atoms with van der Waals surface area (Å²) in [7, 11) is 0. The monoisotopic (exact) mass is 336 g/mol. The number of rotatable bonds is 5. The molecular weight excluding hydrogens is 304 g/mol. The minimum Gasteiger partial charge on any atom is -0.391 e. The van der Waals surface area contributed by atoms with Crippen LogP contribution in [-0.2, 0) is 9.59 Å². The molecule has 0 aromatic rings. The summed E-state index contributed by atoms with van der Waals surface area (Å²) in [4.78, 5) is 26.7. The highest BCUT2D eigenvalue weighted by molar-refractivity contribution is 5.89. The van der Waals surface area contributed by atoms with Crippen LogP contribution in [0.15, 0.2) is 0 Å². The molecule has 2 aliphatic carbocycles. The lowest BCUT2D eigenvalue weighted by molar-refractivity contribution is -0.130. The Bertz CT molecular complexity index is 440. The molecule has 2 amide bonds. The average Bonchev–Trinajstić information content (AvgIpc) is 3.16. The van der Waals surface area contributed by atoms with Gasteiger partial charge in [-0.1, -0.05) is 38.5 Å². The van der Waals surface area contributed by atoms with Gasteiger partial charge in [-0.15, -0.1) is 0 Å².